The van der Waals surface area contributed by atoms with Gasteiger partial charge in [0.2, 0.25) is 0 Å². The number of halogens is 1. The molecule has 1 heterocycles. The lowest BCUT2D eigenvalue weighted by atomic mass is 10.0. The van der Waals surface area contributed by atoms with Crippen molar-refractivity contribution in [3.63, 3.8) is 0 Å². The molecule has 1 aromatic heterocycles. The molecule has 0 N–H and O–H groups in total. The molecule has 0 aliphatic carbocycles. The van der Waals surface area contributed by atoms with E-state index in [2.05, 4.69) is 41.2 Å². The topological polar surface area (TPSA) is 70.1 Å². The molecule has 154 valence electrons. The van der Waals surface area contributed by atoms with Crippen molar-refractivity contribution in [2.75, 3.05) is 11.4 Å². The molecule has 0 amide bonds. The monoisotopic (exact) mass is 421 g/mol. The van der Waals surface area contributed by atoms with Gasteiger partial charge in [-0.3, -0.25) is 0 Å². The van der Waals surface area contributed by atoms with Crippen molar-refractivity contribution in [1.29, 1.82) is 5.26 Å². The highest BCUT2D eigenvalue weighted by atomic mass is 35.5. The SMILES string of the molecule is Cc1ccc(-c2c(C)noc2C)cc1N(CCCCC=O)c1ccc(C#N)c(Cl)c1. The molecule has 0 saturated heterocycles. The van der Waals surface area contributed by atoms with Crippen LogP contribution in [0.2, 0.25) is 5.02 Å². The number of hydrogen-bond donors (Lipinski definition) is 0. The Morgan fingerprint density at radius 2 is 1.97 bits per heavy atom. The summed E-state index contributed by atoms with van der Waals surface area (Å²) in [5, 5.41) is 13.7. The predicted molar refractivity (Wildman–Crippen MR) is 119 cm³/mol. The van der Waals surface area contributed by atoms with Crippen LogP contribution in [0.3, 0.4) is 0 Å². The molecule has 0 unspecified atom stereocenters. The summed E-state index contributed by atoms with van der Waals surface area (Å²) in [4.78, 5) is 12.9. The van der Waals surface area contributed by atoms with Gasteiger partial charge in [-0.15, -0.1) is 0 Å². The zero-order valence-corrected chi connectivity index (χ0v) is 18.2. The zero-order chi connectivity index (χ0) is 21.7. The van der Waals surface area contributed by atoms with Crippen LogP contribution in [0.4, 0.5) is 11.4 Å². The summed E-state index contributed by atoms with van der Waals surface area (Å²) in [6.45, 7) is 6.63. The van der Waals surface area contributed by atoms with Gasteiger partial charge in [0.05, 0.1) is 16.3 Å². The van der Waals surface area contributed by atoms with Crippen LogP contribution < -0.4 is 4.90 Å². The van der Waals surface area contributed by atoms with Crippen molar-refractivity contribution in [3.8, 4) is 17.2 Å². The van der Waals surface area contributed by atoms with Gasteiger partial charge in [-0.05, 0) is 69.0 Å². The van der Waals surface area contributed by atoms with Crippen molar-refractivity contribution < 1.29 is 9.32 Å². The predicted octanol–water partition coefficient (Wildman–Crippen LogP) is 6.30. The van der Waals surface area contributed by atoms with Gasteiger partial charge in [-0.1, -0.05) is 28.9 Å². The number of unbranched alkanes of at least 4 members (excludes halogenated alkanes) is 2. The van der Waals surface area contributed by atoms with E-state index in [-0.39, 0.29) is 0 Å². The van der Waals surface area contributed by atoms with Crippen LogP contribution in [0.5, 0.6) is 0 Å². The number of nitrogens with zero attached hydrogens (tertiary/aromatic N) is 3. The molecule has 30 heavy (non-hydrogen) atoms. The second kappa shape index (κ2) is 9.60. The average molecular weight is 422 g/mol. The highest BCUT2D eigenvalue weighted by Gasteiger charge is 2.17. The minimum absolute atomic E-state index is 0.424. The minimum Gasteiger partial charge on any atom is -0.361 e. The third-order valence-corrected chi connectivity index (χ3v) is 5.47. The Hall–Kier alpha value is -3.10. The number of aldehydes is 1. The fraction of sp³-hybridized carbons (Fsp3) is 0.292. The van der Waals surface area contributed by atoms with Crippen LogP contribution in [-0.2, 0) is 4.79 Å². The molecule has 0 atom stereocenters. The number of rotatable bonds is 8. The van der Waals surface area contributed by atoms with Gasteiger partial charge in [0.1, 0.15) is 18.1 Å². The first-order valence-corrected chi connectivity index (χ1v) is 10.3. The molecular formula is C24H24ClN3O2. The van der Waals surface area contributed by atoms with E-state index in [1.807, 2.05) is 26.0 Å². The maximum atomic E-state index is 10.7. The van der Waals surface area contributed by atoms with Gasteiger partial charge < -0.3 is 14.2 Å². The third-order valence-electron chi connectivity index (χ3n) is 5.16. The molecule has 5 nitrogen and oxygen atoms in total. The normalized spacial score (nSPS) is 10.6. The summed E-state index contributed by atoms with van der Waals surface area (Å²) in [6, 6.07) is 13.9. The van der Waals surface area contributed by atoms with Crippen molar-refractivity contribution in [2.45, 2.75) is 40.0 Å². The molecule has 3 aromatic rings. The number of hydrogen-bond acceptors (Lipinski definition) is 5. The fourth-order valence-corrected chi connectivity index (χ4v) is 3.82. The van der Waals surface area contributed by atoms with Gasteiger partial charge in [-0.25, -0.2) is 0 Å². The molecule has 0 spiro atoms. The Kier molecular flexibility index (Phi) is 6.91. The minimum atomic E-state index is 0.424. The van der Waals surface area contributed by atoms with E-state index in [1.165, 1.54) is 0 Å². The number of anilines is 2. The number of benzene rings is 2. The molecule has 0 radical (unpaired) electrons. The second-order valence-corrected chi connectivity index (χ2v) is 7.70. The average Bonchev–Trinajstić information content (AvgIpc) is 3.07. The van der Waals surface area contributed by atoms with E-state index in [4.69, 9.17) is 16.1 Å². The summed E-state index contributed by atoms with van der Waals surface area (Å²) in [7, 11) is 0. The van der Waals surface area contributed by atoms with Crippen LogP contribution >= 0.6 is 11.6 Å². The van der Waals surface area contributed by atoms with Crippen LogP contribution in [0.15, 0.2) is 40.9 Å². The van der Waals surface area contributed by atoms with E-state index < -0.39 is 0 Å². The lowest BCUT2D eigenvalue weighted by molar-refractivity contribution is -0.107. The summed E-state index contributed by atoms with van der Waals surface area (Å²) in [5.41, 5.74) is 6.38. The largest absolute Gasteiger partial charge is 0.361 e. The second-order valence-electron chi connectivity index (χ2n) is 7.29. The quantitative estimate of drug-likeness (QED) is 0.315. The van der Waals surface area contributed by atoms with Crippen molar-refractivity contribution in [2.24, 2.45) is 0 Å². The first-order valence-electron chi connectivity index (χ1n) is 9.91. The molecule has 0 fully saturated rings. The number of nitriles is 1. The van der Waals surface area contributed by atoms with Crippen molar-refractivity contribution in [3.05, 3.63) is 64.0 Å². The maximum absolute atomic E-state index is 10.7. The molecule has 0 bridgehead atoms. The first kappa shape index (κ1) is 21.6. The highest BCUT2D eigenvalue weighted by Crippen LogP contribution is 2.36. The molecule has 0 saturated carbocycles. The molecular weight excluding hydrogens is 398 g/mol. The zero-order valence-electron chi connectivity index (χ0n) is 17.4. The summed E-state index contributed by atoms with van der Waals surface area (Å²) >= 11 is 6.32. The number of aromatic nitrogens is 1. The van der Waals surface area contributed by atoms with E-state index in [0.717, 1.165) is 65.2 Å². The summed E-state index contributed by atoms with van der Waals surface area (Å²) in [5.74, 6) is 0.779. The fourth-order valence-electron chi connectivity index (χ4n) is 3.60. The third kappa shape index (κ3) is 4.55. The number of carbonyl (C=O) groups excluding carboxylic acids is 1. The van der Waals surface area contributed by atoms with Gasteiger partial charge in [0.25, 0.3) is 0 Å². The van der Waals surface area contributed by atoms with Gasteiger partial charge in [0, 0.05) is 29.9 Å². The Morgan fingerprint density at radius 1 is 1.17 bits per heavy atom. The standard InChI is InChI=1S/C24H24ClN3O2/c1-16-7-8-19(24-17(2)27-30-18(24)3)13-23(16)28(11-5-4-6-12-29)21-10-9-20(15-26)22(25)14-21/h7-10,12-14H,4-6,11H2,1-3H3. The van der Waals surface area contributed by atoms with E-state index in [0.29, 0.717) is 17.0 Å². The lowest BCUT2D eigenvalue weighted by Crippen LogP contribution is -2.19. The highest BCUT2D eigenvalue weighted by molar-refractivity contribution is 6.32. The van der Waals surface area contributed by atoms with Crippen LogP contribution in [0.25, 0.3) is 11.1 Å². The van der Waals surface area contributed by atoms with Gasteiger partial charge >= 0.3 is 0 Å². The summed E-state index contributed by atoms with van der Waals surface area (Å²) < 4.78 is 5.35. The Labute approximate surface area is 181 Å². The maximum Gasteiger partial charge on any atom is 0.141 e. The number of aryl methyl sites for hydroxylation is 3. The van der Waals surface area contributed by atoms with E-state index >= 15 is 0 Å². The molecule has 2 aromatic carbocycles. The smallest absolute Gasteiger partial charge is 0.141 e. The Balaban J connectivity index is 2.06. The van der Waals surface area contributed by atoms with Crippen molar-refractivity contribution >= 4 is 29.3 Å². The van der Waals surface area contributed by atoms with Crippen LogP contribution in [0.1, 0.15) is 41.8 Å². The number of carbonyl (C=O) groups is 1. The van der Waals surface area contributed by atoms with Crippen LogP contribution in [0, 0.1) is 32.1 Å². The molecule has 3 rings (SSSR count). The molecule has 0 aliphatic rings. The van der Waals surface area contributed by atoms with Crippen molar-refractivity contribution in [1.82, 2.24) is 5.16 Å². The van der Waals surface area contributed by atoms with E-state index in [9.17, 15) is 10.1 Å². The van der Waals surface area contributed by atoms with Crippen LogP contribution in [-0.4, -0.2) is 18.0 Å². The van der Waals surface area contributed by atoms with Gasteiger partial charge in [0.15, 0.2) is 0 Å². The van der Waals surface area contributed by atoms with Gasteiger partial charge in [-0.2, -0.15) is 5.26 Å². The molecule has 6 heteroatoms. The Bertz CT molecular complexity index is 1080. The lowest BCUT2D eigenvalue weighted by Gasteiger charge is -2.27. The molecule has 0 aliphatic heterocycles. The Morgan fingerprint density at radius 3 is 2.60 bits per heavy atom. The first-order chi connectivity index (χ1) is 14.5. The summed E-state index contributed by atoms with van der Waals surface area (Å²) in [6.07, 6.45) is 3.16. The van der Waals surface area contributed by atoms with E-state index in [1.54, 1.807) is 6.07 Å².